The van der Waals surface area contributed by atoms with Crippen molar-refractivity contribution in [1.82, 2.24) is 10.3 Å². The SMILES string of the molecule is Cc1ccc(-c2ccc(C)c(NC(=O)C3=CNC(=O)C[C@H]3c3ccc(F)cc3)c2)nc1. The predicted molar refractivity (Wildman–Crippen MR) is 118 cm³/mol. The second kappa shape index (κ2) is 8.52. The first kappa shape index (κ1) is 20.5. The number of rotatable bonds is 4. The van der Waals surface area contributed by atoms with Crippen LogP contribution in [0, 0.1) is 19.7 Å². The third kappa shape index (κ3) is 4.53. The van der Waals surface area contributed by atoms with E-state index in [0.29, 0.717) is 16.8 Å². The van der Waals surface area contributed by atoms with Gasteiger partial charge >= 0.3 is 0 Å². The lowest BCUT2D eigenvalue weighted by Gasteiger charge is -2.24. The molecule has 2 aromatic carbocycles. The molecular formula is C25H22FN3O2. The predicted octanol–water partition coefficient (Wildman–Crippen LogP) is 4.63. The number of anilines is 1. The third-order valence-electron chi connectivity index (χ3n) is 5.38. The van der Waals surface area contributed by atoms with Crippen LogP contribution in [0.3, 0.4) is 0 Å². The molecule has 156 valence electrons. The van der Waals surface area contributed by atoms with Crippen molar-refractivity contribution < 1.29 is 14.0 Å². The van der Waals surface area contributed by atoms with E-state index in [-0.39, 0.29) is 24.1 Å². The van der Waals surface area contributed by atoms with Crippen LogP contribution in [0.4, 0.5) is 10.1 Å². The summed E-state index contributed by atoms with van der Waals surface area (Å²) in [6.07, 6.45) is 3.36. The Labute approximate surface area is 180 Å². The van der Waals surface area contributed by atoms with Crippen molar-refractivity contribution in [3.05, 3.63) is 95.1 Å². The van der Waals surface area contributed by atoms with Gasteiger partial charge in [0.05, 0.1) is 5.69 Å². The molecular weight excluding hydrogens is 393 g/mol. The van der Waals surface area contributed by atoms with Crippen LogP contribution in [0.5, 0.6) is 0 Å². The maximum atomic E-state index is 13.3. The molecule has 5 nitrogen and oxygen atoms in total. The number of amides is 2. The summed E-state index contributed by atoms with van der Waals surface area (Å²) in [7, 11) is 0. The summed E-state index contributed by atoms with van der Waals surface area (Å²) in [5.74, 6) is -1.31. The molecule has 2 heterocycles. The Balaban J connectivity index is 1.62. The van der Waals surface area contributed by atoms with Gasteiger partial charge in [-0.05, 0) is 54.8 Å². The smallest absolute Gasteiger partial charge is 0.253 e. The number of hydrogen-bond donors (Lipinski definition) is 2. The molecule has 0 saturated carbocycles. The molecule has 0 fully saturated rings. The minimum absolute atomic E-state index is 0.122. The van der Waals surface area contributed by atoms with Crippen molar-refractivity contribution in [2.24, 2.45) is 0 Å². The quantitative estimate of drug-likeness (QED) is 0.653. The number of pyridine rings is 1. The van der Waals surface area contributed by atoms with Gasteiger partial charge in [0, 0.05) is 41.6 Å². The van der Waals surface area contributed by atoms with Gasteiger partial charge < -0.3 is 10.6 Å². The van der Waals surface area contributed by atoms with Crippen LogP contribution in [0.25, 0.3) is 11.3 Å². The molecule has 31 heavy (non-hydrogen) atoms. The van der Waals surface area contributed by atoms with Crippen molar-refractivity contribution in [2.75, 3.05) is 5.32 Å². The first-order valence-electron chi connectivity index (χ1n) is 10.0. The lowest BCUT2D eigenvalue weighted by molar-refractivity contribution is -0.121. The molecule has 0 unspecified atom stereocenters. The molecule has 6 heteroatoms. The number of aromatic nitrogens is 1. The van der Waals surface area contributed by atoms with Crippen LogP contribution in [0.1, 0.15) is 29.0 Å². The van der Waals surface area contributed by atoms with Crippen molar-refractivity contribution in [3.63, 3.8) is 0 Å². The Morgan fingerprint density at radius 1 is 1.10 bits per heavy atom. The summed E-state index contributed by atoms with van der Waals surface area (Å²) < 4.78 is 13.3. The summed E-state index contributed by atoms with van der Waals surface area (Å²) in [6.45, 7) is 3.89. The van der Waals surface area contributed by atoms with E-state index >= 15 is 0 Å². The summed E-state index contributed by atoms with van der Waals surface area (Å²) >= 11 is 0. The molecule has 0 spiro atoms. The van der Waals surface area contributed by atoms with E-state index in [1.54, 1.807) is 18.3 Å². The average Bonchev–Trinajstić information content (AvgIpc) is 2.76. The van der Waals surface area contributed by atoms with Crippen LogP contribution in [0.15, 0.2) is 72.6 Å². The highest BCUT2D eigenvalue weighted by Gasteiger charge is 2.29. The third-order valence-corrected chi connectivity index (χ3v) is 5.38. The summed E-state index contributed by atoms with van der Waals surface area (Å²) in [5, 5.41) is 5.59. The van der Waals surface area contributed by atoms with E-state index in [0.717, 1.165) is 22.4 Å². The second-order valence-electron chi connectivity index (χ2n) is 7.68. The molecule has 0 bridgehead atoms. The second-order valence-corrected chi connectivity index (χ2v) is 7.68. The minimum atomic E-state index is -0.448. The summed E-state index contributed by atoms with van der Waals surface area (Å²) in [5.41, 5.74) is 5.49. The van der Waals surface area contributed by atoms with Crippen molar-refractivity contribution in [3.8, 4) is 11.3 Å². The zero-order chi connectivity index (χ0) is 22.0. The van der Waals surface area contributed by atoms with Gasteiger partial charge in [-0.3, -0.25) is 14.6 Å². The van der Waals surface area contributed by atoms with E-state index in [1.807, 2.05) is 44.2 Å². The van der Waals surface area contributed by atoms with Gasteiger partial charge in [0.15, 0.2) is 0 Å². The zero-order valence-corrected chi connectivity index (χ0v) is 17.3. The van der Waals surface area contributed by atoms with Crippen molar-refractivity contribution in [2.45, 2.75) is 26.2 Å². The number of halogens is 1. The van der Waals surface area contributed by atoms with Gasteiger partial charge in [0.25, 0.3) is 5.91 Å². The molecule has 1 aliphatic heterocycles. The fourth-order valence-electron chi connectivity index (χ4n) is 3.58. The highest BCUT2D eigenvalue weighted by Crippen LogP contribution is 2.32. The number of nitrogens with one attached hydrogen (secondary N) is 2. The molecule has 1 atom stereocenters. The fraction of sp³-hybridized carbons (Fsp3) is 0.160. The largest absolute Gasteiger partial charge is 0.332 e. The number of benzene rings is 2. The van der Waals surface area contributed by atoms with Crippen molar-refractivity contribution in [1.29, 1.82) is 0 Å². The van der Waals surface area contributed by atoms with Gasteiger partial charge in [-0.25, -0.2) is 4.39 Å². The molecule has 2 amide bonds. The molecule has 4 rings (SSSR count). The fourth-order valence-corrected chi connectivity index (χ4v) is 3.58. The minimum Gasteiger partial charge on any atom is -0.332 e. The zero-order valence-electron chi connectivity index (χ0n) is 17.3. The van der Waals surface area contributed by atoms with E-state index in [9.17, 15) is 14.0 Å². The topological polar surface area (TPSA) is 71.1 Å². The lowest BCUT2D eigenvalue weighted by Crippen LogP contribution is -2.32. The normalized spacial score (nSPS) is 15.8. The molecule has 2 N–H and O–H groups in total. The highest BCUT2D eigenvalue weighted by molar-refractivity contribution is 6.07. The van der Waals surface area contributed by atoms with Crippen LogP contribution < -0.4 is 10.6 Å². The monoisotopic (exact) mass is 415 g/mol. The van der Waals surface area contributed by atoms with E-state index in [2.05, 4.69) is 15.6 Å². The van der Waals surface area contributed by atoms with Gasteiger partial charge in [-0.2, -0.15) is 0 Å². The molecule has 3 aromatic rings. The van der Waals surface area contributed by atoms with Crippen molar-refractivity contribution >= 4 is 17.5 Å². The van der Waals surface area contributed by atoms with Gasteiger partial charge in [-0.15, -0.1) is 0 Å². The average molecular weight is 415 g/mol. The first-order valence-corrected chi connectivity index (χ1v) is 10.0. The Morgan fingerprint density at radius 3 is 2.58 bits per heavy atom. The molecule has 1 aliphatic rings. The highest BCUT2D eigenvalue weighted by atomic mass is 19.1. The summed E-state index contributed by atoms with van der Waals surface area (Å²) in [6, 6.07) is 15.6. The Morgan fingerprint density at radius 2 is 1.87 bits per heavy atom. The van der Waals surface area contributed by atoms with Crippen LogP contribution >= 0.6 is 0 Å². The molecule has 1 aromatic heterocycles. The van der Waals surface area contributed by atoms with E-state index in [1.165, 1.54) is 18.3 Å². The number of carbonyl (C=O) groups excluding carboxylic acids is 2. The standard InChI is InChI=1S/C25H22FN3O2/c1-15-3-10-22(27-13-15)18-5-4-16(2)23(11-18)29-25(31)21-14-28-24(30)12-20(21)17-6-8-19(26)9-7-17/h3-11,13-14,20H,12H2,1-2H3,(H,28,30)(H,29,31)/t20-/m0/s1. The van der Waals surface area contributed by atoms with E-state index in [4.69, 9.17) is 0 Å². The van der Waals surface area contributed by atoms with Crippen LogP contribution in [0.2, 0.25) is 0 Å². The molecule has 0 aliphatic carbocycles. The van der Waals surface area contributed by atoms with Crippen LogP contribution in [-0.2, 0) is 9.59 Å². The number of carbonyl (C=O) groups is 2. The van der Waals surface area contributed by atoms with E-state index < -0.39 is 5.92 Å². The van der Waals surface area contributed by atoms with Crippen LogP contribution in [-0.4, -0.2) is 16.8 Å². The number of aryl methyl sites for hydroxylation is 2. The number of hydrogen-bond acceptors (Lipinski definition) is 3. The van der Waals surface area contributed by atoms with Gasteiger partial charge in [0.1, 0.15) is 5.82 Å². The van der Waals surface area contributed by atoms with Gasteiger partial charge in [-0.1, -0.05) is 30.3 Å². The Kier molecular flexibility index (Phi) is 5.62. The maximum Gasteiger partial charge on any atom is 0.253 e. The first-order chi connectivity index (χ1) is 14.9. The lowest BCUT2D eigenvalue weighted by atomic mass is 9.86. The Bertz CT molecular complexity index is 1170. The number of nitrogens with zero attached hydrogens (tertiary/aromatic N) is 1. The summed E-state index contributed by atoms with van der Waals surface area (Å²) in [4.78, 5) is 29.6. The Hall–Kier alpha value is -3.80. The maximum absolute atomic E-state index is 13.3. The molecule has 0 radical (unpaired) electrons. The molecule has 0 saturated heterocycles. The van der Waals surface area contributed by atoms with Gasteiger partial charge in [0.2, 0.25) is 5.91 Å².